The van der Waals surface area contributed by atoms with Gasteiger partial charge in [0, 0.05) is 11.3 Å². The van der Waals surface area contributed by atoms with Gasteiger partial charge < -0.3 is 14.3 Å². The molecule has 0 bridgehead atoms. The van der Waals surface area contributed by atoms with Crippen LogP contribution in [0.25, 0.3) is 5.76 Å². The van der Waals surface area contributed by atoms with E-state index in [1.165, 1.54) is 11.2 Å². The summed E-state index contributed by atoms with van der Waals surface area (Å²) in [5, 5.41) is 11.2. The molecular weight excluding hydrogens is 442 g/mol. The first-order valence-electron chi connectivity index (χ1n) is 11.8. The third-order valence-electron chi connectivity index (χ3n) is 5.98. The van der Waals surface area contributed by atoms with Gasteiger partial charge in [-0.1, -0.05) is 46.8 Å². The molecular formula is C29H31NO5. The van der Waals surface area contributed by atoms with E-state index in [9.17, 15) is 14.7 Å². The fourth-order valence-electron chi connectivity index (χ4n) is 4.06. The highest BCUT2D eigenvalue weighted by Crippen LogP contribution is 2.42. The number of carbonyl (C=O) groups is 2. The molecule has 1 unspecified atom stereocenters. The van der Waals surface area contributed by atoms with Crippen LogP contribution >= 0.6 is 0 Å². The van der Waals surface area contributed by atoms with Crippen LogP contribution in [0.4, 0.5) is 5.69 Å². The Hall–Kier alpha value is -3.80. The number of aliphatic hydroxyl groups is 1. The van der Waals surface area contributed by atoms with E-state index in [4.69, 9.17) is 9.15 Å². The Morgan fingerprint density at radius 3 is 2.23 bits per heavy atom. The molecule has 1 aromatic heterocycles. The van der Waals surface area contributed by atoms with E-state index >= 15 is 0 Å². The molecule has 0 aliphatic carbocycles. The second kappa shape index (κ2) is 9.45. The van der Waals surface area contributed by atoms with Crippen molar-refractivity contribution < 1.29 is 23.8 Å². The predicted octanol–water partition coefficient (Wildman–Crippen LogP) is 6.24. The van der Waals surface area contributed by atoms with Crippen molar-refractivity contribution in [3.05, 3.63) is 89.4 Å². The third kappa shape index (κ3) is 4.87. The largest absolute Gasteiger partial charge is 0.507 e. The quantitative estimate of drug-likeness (QED) is 0.260. The second-order valence-electron chi connectivity index (χ2n) is 10.2. The number of Topliss-reactive ketones (excluding diaryl/α,β-unsaturated/α-hetero) is 1. The van der Waals surface area contributed by atoms with Gasteiger partial charge in [0.2, 0.25) is 0 Å². The number of benzene rings is 2. The summed E-state index contributed by atoms with van der Waals surface area (Å²) in [5.41, 5.74) is 2.00. The first-order valence-corrected chi connectivity index (χ1v) is 11.8. The van der Waals surface area contributed by atoms with Crippen molar-refractivity contribution in [3.8, 4) is 5.75 Å². The first kappa shape index (κ1) is 24.3. The number of hydrogen-bond donors (Lipinski definition) is 1. The molecule has 0 saturated carbocycles. The van der Waals surface area contributed by atoms with Gasteiger partial charge in [0.25, 0.3) is 11.7 Å². The van der Waals surface area contributed by atoms with Crippen LogP contribution in [0.3, 0.4) is 0 Å². The van der Waals surface area contributed by atoms with Crippen LogP contribution < -0.4 is 9.64 Å². The molecule has 1 fully saturated rings. The van der Waals surface area contributed by atoms with Crippen LogP contribution in [-0.4, -0.2) is 23.4 Å². The van der Waals surface area contributed by atoms with Crippen molar-refractivity contribution >= 4 is 23.1 Å². The number of ether oxygens (including phenoxy) is 1. The number of ketones is 1. The van der Waals surface area contributed by atoms with E-state index < -0.39 is 17.7 Å². The van der Waals surface area contributed by atoms with E-state index in [1.807, 2.05) is 24.3 Å². The van der Waals surface area contributed by atoms with Gasteiger partial charge in [-0.25, -0.2) is 0 Å². The van der Waals surface area contributed by atoms with E-state index in [0.29, 0.717) is 35.3 Å². The van der Waals surface area contributed by atoms with Crippen LogP contribution in [-0.2, 0) is 15.0 Å². The zero-order chi connectivity index (χ0) is 25.3. The molecule has 0 spiro atoms. The fourth-order valence-corrected chi connectivity index (χ4v) is 4.06. The normalized spacial score (nSPS) is 17.9. The van der Waals surface area contributed by atoms with Gasteiger partial charge in [-0.15, -0.1) is 0 Å². The lowest BCUT2D eigenvalue weighted by atomic mass is 9.87. The fraction of sp³-hybridized carbons (Fsp3) is 0.310. The van der Waals surface area contributed by atoms with Gasteiger partial charge in [-0.05, 0) is 65.4 Å². The minimum absolute atomic E-state index is 0.0132. The molecule has 3 aromatic rings. The number of furan rings is 1. The van der Waals surface area contributed by atoms with Crippen LogP contribution in [0.1, 0.15) is 57.5 Å². The topological polar surface area (TPSA) is 80.0 Å². The molecule has 1 atom stereocenters. The summed E-state index contributed by atoms with van der Waals surface area (Å²) in [6.07, 6.45) is 1.49. The van der Waals surface area contributed by atoms with E-state index in [1.54, 1.807) is 36.4 Å². The highest BCUT2D eigenvalue weighted by Gasteiger charge is 2.48. The highest BCUT2D eigenvalue weighted by molar-refractivity contribution is 6.51. The van der Waals surface area contributed by atoms with Crippen LogP contribution in [0.15, 0.2) is 76.9 Å². The van der Waals surface area contributed by atoms with Gasteiger partial charge in [0.15, 0.2) is 0 Å². The lowest BCUT2D eigenvalue weighted by Crippen LogP contribution is -2.29. The van der Waals surface area contributed by atoms with Crippen molar-refractivity contribution in [1.29, 1.82) is 0 Å². The van der Waals surface area contributed by atoms with Crippen molar-refractivity contribution in [1.82, 2.24) is 0 Å². The summed E-state index contributed by atoms with van der Waals surface area (Å²) in [6.45, 7) is 11.0. The lowest BCUT2D eigenvalue weighted by molar-refractivity contribution is -0.132. The molecule has 6 nitrogen and oxygen atoms in total. The summed E-state index contributed by atoms with van der Waals surface area (Å²) >= 11 is 0. The molecule has 2 heterocycles. The minimum Gasteiger partial charge on any atom is -0.507 e. The summed E-state index contributed by atoms with van der Waals surface area (Å²) in [7, 11) is 0. The Bertz CT molecular complexity index is 1230. The SMILES string of the molecule is CC(C)COc1ccc(/C(O)=C2/C(=O)C(=O)N(c3ccc(C(C)(C)C)cc3)C2c2ccco2)cc1. The maximum Gasteiger partial charge on any atom is 0.300 e. The maximum atomic E-state index is 13.2. The average molecular weight is 474 g/mol. The standard InChI is InChI=1S/C29H31NO5/c1-18(2)17-35-22-14-8-19(9-15-22)26(31)24-25(23-7-6-16-34-23)30(28(33)27(24)32)21-12-10-20(11-13-21)29(3,4)5/h6-16,18,25,31H,17H2,1-5H3/b26-24-. The summed E-state index contributed by atoms with van der Waals surface area (Å²) in [5.74, 6) is -0.296. The predicted molar refractivity (Wildman–Crippen MR) is 135 cm³/mol. The van der Waals surface area contributed by atoms with Crippen molar-refractivity contribution in [2.45, 2.75) is 46.1 Å². The molecule has 35 heavy (non-hydrogen) atoms. The number of aliphatic hydroxyl groups excluding tert-OH is 1. The Labute approximate surface area is 205 Å². The van der Waals surface area contributed by atoms with E-state index in [0.717, 1.165) is 5.56 Å². The number of anilines is 1. The molecule has 6 heteroatoms. The Morgan fingerprint density at radius 1 is 1.03 bits per heavy atom. The van der Waals surface area contributed by atoms with Crippen LogP contribution in [0, 0.1) is 5.92 Å². The molecule has 2 aromatic carbocycles. The van der Waals surface area contributed by atoms with Gasteiger partial charge in [0.1, 0.15) is 23.3 Å². The number of nitrogens with zero attached hydrogens (tertiary/aromatic N) is 1. The number of carbonyl (C=O) groups excluding carboxylic acids is 2. The minimum atomic E-state index is -0.887. The van der Waals surface area contributed by atoms with Gasteiger partial charge >= 0.3 is 0 Å². The summed E-state index contributed by atoms with van der Waals surface area (Å²) < 4.78 is 11.3. The number of amides is 1. The van der Waals surface area contributed by atoms with Crippen LogP contribution in [0.2, 0.25) is 0 Å². The van der Waals surface area contributed by atoms with Crippen molar-refractivity contribution in [2.24, 2.45) is 5.92 Å². The zero-order valence-electron chi connectivity index (χ0n) is 20.7. The second-order valence-corrected chi connectivity index (χ2v) is 10.2. The summed E-state index contributed by atoms with van der Waals surface area (Å²) in [6, 6.07) is 16.9. The molecule has 1 N–H and O–H groups in total. The maximum absolute atomic E-state index is 13.2. The number of hydrogen-bond acceptors (Lipinski definition) is 5. The molecule has 182 valence electrons. The third-order valence-corrected chi connectivity index (χ3v) is 5.98. The first-order chi connectivity index (χ1) is 16.6. The average Bonchev–Trinajstić information content (AvgIpc) is 3.44. The Balaban J connectivity index is 1.76. The Morgan fingerprint density at radius 2 is 1.69 bits per heavy atom. The summed E-state index contributed by atoms with van der Waals surface area (Å²) in [4.78, 5) is 27.8. The van der Waals surface area contributed by atoms with Gasteiger partial charge in [-0.3, -0.25) is 14.5 Å². The molecule has 1 amide bonds. The highest BCUT2D eigenvalue weighted by atomic mass is 16.5. The molecule has 1 aliphatic rings. The smallest absolute Gasteiger partial charge is 0.300 e. The van der Waals surface area contributed by atoms with E-state index in [-0.39, 0.29) is 16.7 Å². The van der Waals surface area contributed by atoms with Crippen LogP contribution in [0.5, 0.6) is 5.75 Å². The number of rotatable bonds is 6. The molecule has 0 radical (unpaired) electrons. The molecule has 1 aliphatic heterocycles. The van der Waals surface area contributed by atoms with Crippen molar-refractivity contribution in [2.75, 3.05) is 11.5 Å². The van der Waals surface area contributed by atoms with E-state index in [2.05, 4.69) is 34.6 Å². The molecule has 1 saturated heterocycles. The molecule has 4 rings (SSSR count). The Kier molecular flexibility index (Phi) is 6.57. The van der Waals surface area contributed by atoms with Gasteiger partial charge in [0.05, 0.1) is 18.4 Å². The zero-order valence-corrected chi connectivity index (χ0v) is 20.7. The van der Waals surface area contributed by atoms with Gasteiger partial charge in [-0.2, -0.15) is 0 Å². The lowest BCUT2D eigenvalue weighted by Gasteiger charge is -2.25. The van der Waals surface area contributed by atoms with Crippen molar-refractivity contribution in [3.63, 3.8) is 0 Å². The monoisotopic (exact) mass is 473 g/mol.